The molecule has 1 aromatic rings. The third-order valence-electron chi connectivity index (χ3n) is 3.13. The van der Waals surface area contributed by atoms with E-state index >= 15 is 0 Å². The van der Waals surface area contributed by atoms with Crippen molar-refractivity contribution in [2.45, 2.75) is 38.3 Å². The van der Waals surface area contributed by atoms with E-state index in [1.807, 2.05) is 51.1 Å². The molecule has 1 amide bonds. The first-order valence-electron chi connectivity index (χ1n) is 6.50. The second-order valence-electron chi connectivity index (χ2n) is 5.60. The van der Waals surface area contributed by atoms with Gasteiger partial charge in [-0.2, -0.15) is 0 Å². The molecular weight excluding hydrogens is 240 g/mol. The predicted molar refractivity (Wildman–Crippen MR) is 76.7 cm³/mol. The first-order valence-corrected chi connectivity index (χ1v) is 6.50. The van der Waals surface area contributed by atoms with Crippen LogP contribution in [0.25, 0.3) is 0 Å². The molecule has 0 heterocycles. The number of likely N-dealkylation sites (N-methyl/N-ethyl adjacent to an activating group) is 1. The van der Waals surface area contributed by atoms with Crippen molar-refractivity contribution >= 4 is 5.91 Å². The van der Waals surface area contributed by atoms with Crippen LogP contribution < -0.4 is 11.1 Å². The fourth-order valence-electron chi connectivity index (χ4n) is 2.04. The monoisotopic (exact) mass is 264 g/mol. The molecule has 0 saturated heterocycles. The summed E-state index contributed by atoms with van der Waals surface area (Å²) in [7, 11) is 1.74. The van der Waals surface area contributed by atoms with Crippen LogP contribution in [-0.4, -0.2) is 25.2 Å². The summed E-state index contributed by atoms with van der Waals surface area (Å²) < 4.78 is 5.71. The zero-order chi connectivity index (χ0) is 14.5. The Bertz CT molecular complexity index is 412. The van der Waals surface area contributed by atoms with Gasteiger partial charge in [0.25, 0.3) is 0 Å². The summed E-state index contributed by atoms with van der Waals surface area (Å²) in [5.74, 6) is -0.390. The van der Waals surface area contributed by atoms with Gasteiger partial charge in [0.05, 0.1) is 5.60 Å². The number of rotatable bonds is 6. The Morgan fingerprint density at radius 1 is 1.26 bits per heavy atom. The molecule has 1 rings (SSSR count). The Morgan fingerprint density at radius 3 is 2.26 bits per heavy atom. The minimum Gasteiger partial charge on any atom is -0.376 e. The minimum absolute atomic E-state index is 0.228. The maximum atomic E-state index is 11.9. The number of ether oxygens (including phenoxy) is 1. The van der Waals surface area contributed by atoms with Crippen molar-refractivity contribution in [1.82, 2.24) is 5.32 Å². The van der Waals surface area contributed by atoms with E-state index in [-0.39, 0.29) is 5.60 Å². The average Bonchev–Trinajstić information content (AvgIpc) is 2.34. The highest BCUT2D eigenvalue weighted by Crippen LogP contribution is 2.25. The molecule has 0 aromatic heterocycles. The number of carbonyl (C=O) groups is 1. The number of primary amides is 1. The molecule has 0 saturated carbocycles. The van der Waals surface area contributed by atoms with Gasteiger partial charge in [0.1, 0.15) is 5.54 Å². The summed E-state index contributed by atoms with van der Waals surface area (Å²) in [6.45, 7) is 6.42. The average molecular weight is 264 g/mol. The van der Waals surface area contributed by atoms with Gasteiger partial charge in [-0.05, 0) is 33.4 Å². The molecule has 19 heavy (non-hydrogen) atoms. The van der Waals surface area contributed by atoms with E-state index in [2.05, 4.69) is 5.32 Å². The molecule has 1 aromatic carbocycles. The fraction of sp³-hybridized carbons (Fsp3) is 0.533. The molecular formula is C15H24N2O2. The Morgan fingerprint density at radius 2 is 1.84 bits per heavy atom. The van der Waals surface area contributed by atoms with Crippen LogP contribution in [0.3, 0.4) is 0 Å². The van der Waals surface area contributed by atoms with Gasteiger partial charge in [0.2, 0.25) is 5.91 Å². The maximum Gasteiger partial charge on any atom is 0.242 e. The second-order valence-corrected chi connectivity index (χ2v) is 5.60. The van der Waals surface area contributed by atoms with Crippen molar-refractivity contribution in [3.05, 3.63) is 35.9 Å². The zero-order valence-electron chi connectivity index (χ0n) is 12.2. The van der Waals surface area contributed by atoms with Crippen molar-refractivity contribution in [2.24, 2.45) is 5.73 Å². The molecule has 4 heteroatoms. The number of amides is 1. The molecule has 1 unspecified atom stereocenters. The van der Waals surface area contributed by atoms with Crippen molar-refractivity contribution in [1.29, 1.82) is 0 Å². The van der Waals surface area contributed by atoms with Crippen LogP contribution in [0.4, 0.5) is 0 Å². The molecule has 0 aliphatic heterocycles. The van der Waals surface area contributed by atoms with Crippen LogP contribution in [-0.2, 0) is 15.1 Å². The summed E-state index contributed by atoms with van der Waals surface area (Å²) in [5.41, 5.74) is 5.36. The van der Waals surface area contributed by atoms with Gasteiger partial charge in [0.15, 0.2) is 0 Å². The zero-order valence-corrected chi connectivity index (χ0v) is 12.2. The molecule has 106 valence electrons. The number of nitrogens with two attached hydrogens (primary N) is 1. The summed E-state index contributed by atoms with van der Waals surface area (Å²) >= 11 is 0. The van der Waals surface area contributed by atoms with Gasteiger partial charge in [-0.15, -0.1) is 0 Å². The molecule has 0 bridgehead atoms. The van der Waals surface area contributed by atoms with E-state index in [0.717, 1.165) is 5.56 Å². The lowest BCUT2D eigenvalue weighted by molar-refractivity contribution is -0.126. The van der Waals surface area contributed by atoms with Gasteiger partial charge >= 0.3 is 0 Å². The molecule has 4 nitrogen and oxygen atoms in total. The molecule has 3 N–H and O–H groups in total. The molecule has 0 fully saturated rings. The minimum atomic E-state index is -0.882. The summed E-state index contributed by atoms with van der Waals surface area (Å²) in [5, 5.41) is 3.06. The lowest BCUT2D eigenvalue weighted by Gasteiger charge is -2.32. The number of hydrogen-bond donors (Lipinski definition) is 2. The Labute approximate surface area is 115 Å². The summed E-state index contributed by atoms with van der Waals surface area (Å²) in [6, 6.07) is 9.51. The summed E-state index contributed by atoms with van der Waals surface area (Å²) in [6.07, 6.45) is 0.500. The van der Waals surface area contributed by atoms with Crippen molar-refractivity contribution in [3.63, 3.8) is 0 Å². The van der Waals surface area contributed by atoms with E-state index in [4.69, 9.17) is 10.5 Å². The van der Waals surface area contributed by atoms with E-state index in [1.54, 1.807) is 7.05 Å². The van der Waals surface area contributed by atoms with Crippen LogP contribution in [0.5, 0.6) is 0 Å². The van der Waals surface area contributed by atoms with E-state index in [9.17, 15) is 4.79 Å². The van der Waals surface area contributed by atoms with E-state index in [0.29, 0.717) is 13.0 Å². The normalized spacial score (nSPS) is 14.9. The number of hydrogen-bond acceptors (Lipinski definition) is 3. The number of carbonyl (C=O) groups excluding carboxylic acids is 1. The van der Waals surface area contributed by atoms with Gasteiger partial charge in [-0.1, -0.05) is 30.3 Å². The number of benzene rings is 1. The highest BCUT2D eigenvalue weighted by atomic mass is 16.5. The molecule has 0 spiro atoms. The van der Waals surface area contributed by atoms with Gasteiger partial charge in [-0.25, -0.2) is 0 Å². The lowest BCUT2D eigenvalue weighted by atomic mass is 9.86. The lowest BCUT2D eigenvalue weighted by Crippen LogP contribution is -2.52. The smallest absolute Gasteiger partial charge is 0.242 e. The Hall–Kier alpha value is -1.39. The Balaban J connectivity index is 2.92. The van der Waals surface area contributed by atoms with Gasteiger partial charge in [0, 0.05) is 13.0 Å². The highest BCUT2D eigenvalue weighted by Gasteiger charge is 2.36. The first kappa shape index (κ1) is 15.7. The van der Waals surface area contributed by atoms with E-state index in [1.165, 1.54) is 0 Å². The first-order chi connectivity index (χ1) is 8.82. The van der Waals surface area contributed by atoms with Crippen molar-refractivity contribution < 1.29 is 9.53 Å². The second kappa shape index (κ2) is 6.17. The predicted octanol–water partition coefficient (Wildman–Crippen LogP) is 1.79. The van der Waals surface area contributed by atoms with Crippen LogP contribution in [0, 0.1) is 0 Å². The van der Waals surface area contributed by atoms with Crippen molar-refractivity contribution in [2.75, 3.05) is 13.7 Å². The van der Waals surface area contributed by atoms with Gasteiger partial charge in [-0.3, -0.25) is 4.79 Å². The quantitative estimate of drug-likeness (QED) is 0.823. The topological polar surface area (TPSA) is 64.3 Å². The SMILES string of the molecule is CNC(CCOC(C)(C)C)(C(N)=O)c1ccccc1. The molecule has 1 atom stereocenters. The molecule has 0 radical (unpaired) electrons. The van der Waals surface area contributed by atoms with E-state index < -0.39 is 11.4 Å². The third-order valence-corrected chi connectivity index (χ3v) is 3.13. The molecule has 0 aliphatic rings. The maximum absolute atomic E-state index is 11.9. The Kier molecular flexibility index (Phi) is 5.09. The fourth-order valence-corrected chi connectivity index (χ4v) is 2.04. The summed E-state index contributed by atoms with van der Waals surface area (Å²) in [4.78, 5) is 11.9. The molecule has 0 aliphatic carbocycles. The van der Waals surface area contributed by atoms with Crippen LogP contribution in [0.15, 0.2) is 30.3 Å². The van der Waals surface area contributed by atoms with Gasteiger partial charge < -0.3 is 15.8 Å². The highest BCUT2D eigenvalue weighted by molar-refractivity contribution is 5.86. The van der Waals surface area contributed by atoms with Crippen molar-refractivity contribution in [3.8, 4) is 0 Å². The van der Waals surface area contributed by atoms with Crippen LogP contribution >= 0.6 is 0 Å². The van der Waals surface area contributed by atoms with Crippen LogP contribution in [0.2, 0.25) is 0 Å². The standard InChI is InChI=1S/C15H24N2O2/c1-14(2,3)19-11-10-15(17-4,13(16)18)12-8-6-5-7-9-12/h5-9,17H,10-11H2,1-4H3,(H2,16,18). The third kappa shape index (κ3) is 4.04. The largest absolute Gasteiger partial charge is 0.376 e. The van der Waals surface area contributed by atoms with Crippen LogP contribution in [0.1, 0.15) is 32.8 Å². The number of nitrogens with one attached hydrogen (secondary N) is 1.